The van der Waals surface area contributed by atoms with Gasteiger partial charge in [0, 0.05) is 42.8 Å². The molecule has 2 aliphatic rings. The molecule has 0 amide bonds. The number of fused-ring (bicyclic) bond motifs is 1. The number of ether oxygens (including phenoxy) is 2. The number of aliphatic hydroxyl groups is 1. The zero-order chi connectivity index (χ0) is 23.2. The zero-order valence-electron chi connectivity index (χ0n) is 18.7. The summed E-state index contributed by atoms with van der Waals surface area (Å²) in [6, 6.07) is 17.8. The molecular weight excluding hydrogens is 436 g/mol. The summed E-state index contributed by atoms with van der Waals surface area (Å²) < 4.78 is 11.6. The van der Waals surface area contributed by atoms with Crippen LogP contribution in [0.5, 0.6) is 5.75 Å². The van der Waals surface area contributed by atoms with Crippen LogP contribution in [0.25, 0.3) is 5.76 Å². The molecule has 4 N–H and O–H groups in total. The molecule has 2 aliphatic heterocycles. The fourth-order valence-corrected chi connectivity index (χ4v) is 4.57. The zero-order valence-corrected chi connectivity index (χ0v) is 19.6. The van der Waals surface area contributed by atoms with Crippen LogP contribution in [0, 0.1) is 5.92 Å². The van der Waals surface area contributed by atoms with Gasteiger partial charge in [-0.1, -0.05) is 42.5 Å². The number of aliphatic hydroxyl groups excluding tert-OH is 1. The summed E-state index contributed by atoms with van der Waals surface area (Å²) in [6.07, 6.45) is 0. The van der Waals surface area contributed by atoms with Crippen LogP contribution in [-0.4, -0.2) is 60.3 Å². The number of hydrazone groups is 1. The topological polar surface area (TPSA) is 92.3 Å². The molecular formula is C25H30N4O3S. The van der Waals surface area contributed by atoms with E-state index in [9.17, 15) is 5.11 Å². The van der Waals surface area contributed by atoms with Crippen molar-refractivity contribution < 1.29 is 14.6 Å². The normalized spacial score (nSPS) is 18.8. The monoisotopic (exact) mass is 466 g/mol. The fraction of sp³-hybridized carbons (Fsp3) is 0.360. The van der Waals surface area contributed by atoms with Gasteiger partial charge in [-0.15, -0.1) is 0 Å². The lowest BCUT2D eigenvalue weighted by molar-refractivity contribution is 0.0333. The maximum atomic E-state index is 11.4. The predicted molar refractivity (Wildman–Crippen MR) is 134 cm³/mol. The Balaban J connectivity index is 1.80. The summed E-state index contributed by atoms with van der Waals surface area (Å²) in [5.41, 5.74) is 11.9. The molecule has 8 heteroatoms. The molecule has 1 fully saturated rings. The van der Waals surface area contributed by atoms with Crippen molar-refractivity contribution >= 4 is 28.8 Å². The van der Waals surface area contributed by atoms with E-state index >= 15 is 0 Å². The quantitative estimate of drug-likeness (QED) is 0.328. The van der Waals surface area contributed by atoms with Crippen LogP contribution in [0.15, 0.2) is 65.3 Å². The molecule has 7 nitrogen and oxygen atoms in total. The van der Waals surface area contributed by atoms with Gasteiger partial charge in [-0.05, 0) is 36.8 Å². The molecule has 2 aromatic rings. The van der Waals surface area contributed by atoms with Crippen LogP contribution in [0.4, 0.5) is 0 Å². The number of nitrogens with zero attached hydrogens (tertiary/aromatic N) is 2. The van der Waals surface area contributed by atoms with Gasteiger partial charge in [0.05, 0.1) is 18.8 Å². The minimum Gasteiger partial charge on any atom is -0.507 e. The van der Waals surface area contributed by atoms with Gasteiger partial charge in [0.15, 0.2) is 5.11 Å². The van der Waals surface area contributed by atoms with E-state index < -0.39 is 0 Å². The Morgan fingerprint density at radius 1 is 1.15 bits per heavy atom. The minimum absolute atomic E-state index is 0.0571. The molecule has 174 valence electrons. The van der Waals surface area contributed by atoms with Crippen molar-refractivity contribution in [3.8, 4) is 5.75 Å². The maximum Gasteiger partial charge on any atom is 0.184 e. The molecule has 0 unspecified atom stereocenters. The number of rotatable bonds is 7. The summed E-state index contributed by atoms with van der Waals surface area (Å²) in [5.74, 6) is 0.751. The molecule has 4 rings (SSSR count). The average Bonchev–Trinajstić information content (AvgIpc) is 2.85. The Labute approximate surface area is 199 Å². The molecule has 0 aromatic heterocycles. The third-order valence-electron chi connectivity index (χ3n) is 6.20. The van der Waals surface area contributed by atoms with E-state index in [-0.39, 0.29) is 22.7 Å². The van der Waals surface area contributed by atoms with Crippen LogP contribution in [0.2, 0.25) is 0 Å². The van der Waals surface area contributed by atoms with Crippen molar-refractivity contribution in [1.82, 2.24) is 10.3 Å². The molecule has 33 heavy (non-hydrogen) atoms. The van der Waals surface area contributed by atoms with E-state index in [0.29, 0.717) is 31.1 Å². The van der Waals surface area contributed by atoms with E-state index in [0.717, 1.165) is 36.5 Å². The summed E-state index contributed by atoms with van der Waals surface area (Å²) in [7, 11) is 0. The van der Waals surface area contributed by atoms with Gasteiger partial charge in [0.25, 0.3) is 0 Å². The highest BCUT2D eigenvalue weighted by Gasteiger charge is 2.35. The van der Waals surface area contributed by atoms with Crippen LogP contribution in [0.3, 0.4) is 0 Å². The van der Waals surface area contributed by atoms with Crippen molar-refractivity contribution in [2.75, 3.05) is 39.5 Å². The van der Waals surface area contributed by atoms with Gasteiger partial charge in [-0.25, -0.2) is 0 Å². The van der Waals surface area contributed by atoms with Gasteiger partial charge in [0.2, 0.25) is 0 Å². The molecule has 0 radical (unpaired) electrons. The Kier molecular flexibility index (Phi) is 7.59. The first-order chi connectivity index (χ1) is 16.0. The molecule has 1 saturated heterocycles. The summed E-state index contributed by atoms with van der Waals surface area (Å²) in [6.45, 7) is 6.12. The van der Waals surface area contributed by atoms with E-state index in [2.05, 4.69) is 27.6 Å². The second kappa shape index (κ2) is 10.8. The van der Waals surface area contributed by atoms with Crippen LogP contribution >= 0.6 is 12.2 Å². The van der Waals surface area contributed by atoms with Crippen LogP contribution in [-0.2, 0) is 4.74 Å². The lowest BCUT2D eigenvalue weighted by Crippen LogP contribution is -2.43. The molecule has 0 saturated carbocycles. The lowest BCUT2D eigenvalue weighted by Gasteiger charge is -2.37. The van der Waals surface area contributed by atoms with Gasteiger partial charge in [0.1, 0.15) is 18.1 Å². The first-order valence-corrected chi connectivity index (χ1v) is 11.5. The Morgan fingerprint density at radius 3 is 2.58 bits per heavy atom. The van der Waals surface area contributed by atoms with Crippen LogP contribution in [0.1, 0.15) is 24.0 Å². The van der Waals surface area contributed by atoms with E-state index in [1.54, 1.807) is 0 Å². The first kappa shape index (κ1) is 23.2. The average molecular weight is 467 g/mol. The number of hydrogen-bond donors (Lipinski definition) is 3. The number of para-hydroxylation sites is 1. The number of nitrogens with one attached hydrogen (secondary N) is 1. The SMILES string of the molecule is C/C(=N/NC(N)=S)[C@@H](CN1CCOCC1)[C@H](C1=C(O)c2ccccc2OC1)c1ccccc1. The fourth-order valence-electron chi connectivity index (χ4n) is 4.53. The van der Waals surface area contributed by atoms with Gasteiger partial charge in [-0.3, -0.25) is 10.3 Å². The lowest BCUT2D eigenvalue weighted by atomic mass is 9.76. The first-order valence-electron chi connectivity index (χ1n) is 11.1. The van der Waals surface area contributed by atoms with E-state index in [4.69, 9.17) is 27.4 Å². The maximum absolute atomic E-state index is 11.4. The number of benzene rings is 2. The van der Waals surface area contributed by atoms with Gasteiger partial charge < -0.3 is 20.3 Å². The molecule has 2 heterocycles. The van der Waals surface area contributed by atoms with Crippen LogP contribution < -0.4 is 15.9 Å². The minimum atomic E-state index is -0.153. The summed E-state index contributed by atoms with van der Waals surface area (Å²) in [4.78, 5) is 2.37. The highest BCUT2D eigenvalue weighted by atomic mass is 32.1. The Bertz CT molecular complexity index is 1030. The molecule has 0 spiro atoms. The molecule has 0 bridgehead atoms. The highest BCUT2D eigenvalue weighted by molar-refractivity contribution is 7.80. The Morgan fingerprint density at radius 2 is 1.85 bits per heavy atom. The number of hydrogen-bond acceptors (Lipinski definition) is 6. The molecule has 2 atom stereocenters. The van der Waals surface area contributed by atoms with Crippen molar-refractivity contribution in [3.05, 3.63) is 71.3 Å². The third-order valence-corrected chi connectivity index (χ3v) is 6.29. The molecule has 0 aliphatic carbocycles. The van der Waals surface area contributed by atoms with Crippen molar-refractivity contribution in [1.29, 1.82) is 0 Å². The number of thiocarbonyl (C=S) groups is 1. The summed E-state index contributed by atoms with van der Waals surface area (Å²) >= 11 is 4.97. The predicted octanol–water partition coefficient (Wildman–Crippen LogP) is 3.29. The Hall–Kier alpha value is -2.94. The van der Waals surface area contributed by atoms with Crippen molar-refractivity contribution in [3.63, 3.8) is 0 Å². The molecule has 2 aromatic carbocycles. The second-order valence-electron chi connectivity index (χ2n) is 8.30. The van der Waals surface area contributed by atoms with E-state index in [1.807, 2.05) is 49.4 Å². The van der Waals surface area contributed by atoms with Gasteiger partial charge >= 0.3 is 0 Å². The van der Waals surface area contributed by atoms with E-state index in [1.165, 1.54) is 0 Å². The third kappa shape index (κ3) is 5.52. The largest absolute Gasteiger partial charge is 0.507 e. The highest BCUT2D eigenvalue weighted by Crippen LogP contribution is 2.41. The van der Waals surface area contributed by atoms with Crippen molar-refractivity contribution in [2.24, 2.45) is 16.8 Å². The number of nitrogens with two attached hydrogens (primary N) is 1. The van der Waals surface area contributed by atoms with Gasteiger partial charge in [-0.2, -0.15) is 5.10 Å². The summed E-state index contributed by atoms with van der Waals surface area (Å²) in [5, 5.41) is 16.0. The standard InChI is InChI=1S/C25H30N4O3S/c1-17(27-28-25(26)33)20(15-29-11-13-31-14-12-29)23(18-7-3-2-4-8-18)21-16-32-22-10-6-5-9-19(22)24(21)30/h2-10,20,23,30H,11-16H2,1H3,(H3,26,28,33)/b27-17-/t20-,23-/m1/s1. The number of morpholine rings is 1. The smallest absolute Gasteiger partial charge is 0.184 e. The van der Waals surface area contributed by atoms with Crippen molar-refractivity contribution in [2.45, 2.75) is 12.8 Å². The second-order valence-corrected chi connectivity index (χ2v) is 8.74.